The number of anilines is 1. The zero-order valence-electron chi connectivity index (χ0n) is 16.3. The van der Waals surface area contributed by atoms with Gasteiger partial charge in [-0.15, -0.1) is 4.36 Å². The second kappa shape index (κ2) is 6.86. The van der Waals surface area contributed by atoms with E-state index in [0.29, 0.717) is 5.57 Å². The summed E-state index contributed by atoms with van der Waals surface area (Å²) in [6.45, 7) is 3.23. The topological polar surface area (TPSA) is 114 Å². The van der Waals surface area contributed by atoms with Crippen LogP contribution in [0.25, 0.3) is 0 Å². The Balaban J connectivity index is 1.56. The van der Waals surface area contributed by atoms with Gasteiger partial charge in [-0.25, -0.2) is 14.1 Å². The summed E-state index contributed by atoms with van der Waals surface area (Å²) in [6, 6.07) is 1.57. The van der Waals surface area contributed by atoms with Crippen LogP contribution in [0.1, 0.15) is 55.4 Å². The van der Waals surface area contributed by atoms with Gasteiger partial charge in [0.2, 0.25) is 0 Å². The van der Waals surface area contributed by atoms with Crippen LogP contribution in [0.5, 0.6) is 0 Å². The van der Waals surface area contributed by atoms with E-state index in [9.17, 15) is 14.1 Å². The van der Waals surface area contributed by atoms with Crippen molar-refractivity contribution in [3.63, 3.8) is 0 Å². The van der Waals surface area contributed by atoms with E-state index < -0.39 is 27.0 Å². The Bertz CT molecular complexity index is 952. The number of fused-ring (bicyclic) bond motifs is 2. The first kappa shape index (κ1) is 19.4. The third-order valence-electron chi connectivity index (χ3n) is 5.84. The van der Waals surface area contributed by atoms with Gasteiger partial charge in [0.1, 0.15) is 0 Å². The molecule has 8 heteroatoms. The maximum Gasteiger partial charge on any atom is 0.354 e. The van der Waals surface area contributed by atoms with Crippen LogP contribution in [0, 0.1) is 0 Å². The van der Waals surface area contributed by atoms with Crippen LogP contribution >= 0.6 is 0 Å². The van der Waals surface area contributed by atoms with Crippen molar-refractivity contribution in [1.82, 2.24) is 0 Å². The summed E-state index contributed by atoms with van der Waals surface area (Å²) in [6.07, 6.45) is 7.60. The third-order valence-corrected chi connectivity index (χ3v) is 7.32. The summed E-state index contributed by atoms with van der Waals surface area (Å²) in [4.78, 5) is 12.6. The van der Waals surface area contributed by atoms with Crippen molar-refractivity contribution < 1.29 is 18.8 Å². The highest BCUT2D eigenvalue weighted by Gasteiger charge is 2.34. The molecule has 0 aromatic heterocycles. The maximum absolute atomic E-state index is 12.8. The number of ether oxygens (including phenoxy) is 1. The quantitative estimate of drug-likeness (QED) is 0.717. The van der Waals surface area contributed by atoms with Gasteiger partial charge in [-0.05, 0) is 80.2 Å². The summed E-state index contributed by atoms with van der Waals surface area (Å²) < 4.78 is 22.0. The summed E-state index contributed by atoms with van der Waals surface area (Å²) in [5.41, 5.74) is 4.31. The Morgan fingerprint density at radius 1 is 1.25 bits per heavy atom. The van der Waals surface area contributed by atoms with Crippen molar-refractivity contribution in [2.75, 3.05) is 5.32 Å². The van der Waals surface area contributed by atoms with Crippen LogP contribution in [0.2, 0.25) is 0 Å². The lowest BCUT2D eigenvalue weighted by Crippen LogP contribution is -2.31. The van der Waals surface area contributed by atoms with Gasteiger partial charge < -0.3 is 15.2 Å². The molecule has 1 aromatic rings. The lowest BCUT2D eigenvalue weighted by atomic mass is 9.98. The van der Waals surface area contributed by atoms with Gasteiger partial charge >= 0.3 is 6.03 Å². The van der Waals surface area contributed by atoms with Crippen molar-refractivity contribution >= 4 is 21.6 Å². The SMILES string of the molecule is CC(C)(O)C1=COC(S(N)(=O)=NC(=O)Nc2c3c(cc4c2CCC4)CCC3)C1. The fourth-order valence-electron chi connectivity index (χ4n) is 4.31. The largest absolute Gasteiger partial charge is 0.482 e. The lowest BCUT2D eigenvalue weighted by Gasteiger charge is -2.18. The number of aliphatic hydroxyl groups is 1. The Hall–Kier alpha value is -1.90. The number of urea groups is 1. The third kappa shape index (κ3) is 3.56. The molecule has 1 aromatic carbocycles. The molecule has 4 N–H and O–H groups in total. The second-order valence-electron chi connectivity index (χ2n) is 8.34. The van der Waals surface area contributed by atoms with E-state index in [0.717, 1.165) is 44.2 Å². The highest BCUT2D eigenvalue weighted by Crippen LogP contribution is 2.38. The smallest absolute Gasteiger partial charge is 0.354 e. The number of carbonyl (C=O) groups is 1. The molecule has 0 bridgehead atoms. The predicted octanol–water partition coefficient (Wildman–Crippen LogP) is 2.94. The normalized spacial score (nSPS) is 22.7. The van der Waals surface area contributed by atoms with Crippen LogP contribution in [0.4, 0.5) is 10.5 Å². The maximum atomic E-state index is 12.8. The molecular formula is C20H27N3O4S. The highest BCUT2D eigenvalue weighted by atomic mass is 32.2. The van der Waals surface area contributed by atoms with Crippen molar-refractivity contribution in [3.8, 4) is 0 Å². The van der Waals surface area contributed by atoms with E-state index in [1.807, 2.05) is 0 Å². The van der Waals surface area contributed by atoms with Crippen LogP contribution in [0.3, 0.4) is 0 Å². The van der Waals surface area contributed by atoms with E-state index >= 15 is 0 Å². The van der Waals surface area contributed by atoms with E-state index in [4.69, 9.17) is 9.88 Å². The summed E-state index contributed by atoms with van der Waals surface area (Å²) in [5.74, 6) is 0. The average molecular weight is 406 g/mol. The predicted molar refractivity (Wildman–Crippen MR) is 108 cm³/mol. The van der Waals surface area contributed by atoms with Gasteiger partial charge in [-0.2, -0.15) is 0 Å². The van der Waals surface area contributed by atoms with Gasteiger partial charge in [-0.3, -0.25) is 0 Å². The molecule has 0 saturated heterocycles. The summed E-state index contributed by atoms with van der Waals surface area (Å²) in [7, 11) is -3.42. The van der Waals surface area contributed by atoms with Crippen LogP contribution in [-0.4, -0.2) is 26.4 Å². The molecule has 28 heavy (non-hydrogen) atoms. The molecule has 2 unspecified atom stereocenters. The number of hydrogen-bond acceptors (Lipinski definition) is 4. The van der Waals surface area contributed by atoms with Crippen LogP contribution in [0.15, 0.2) is 22.3 Å². The lowest BCUT2D eigenvalue weighted by molar-refractivity contribution is 0.117. The van der Waals surface area contributed by atoms with E-state index in [-0.39, 0.29) is 6.42 Å². The van der Waals surface area contributed by atoms with Crippen molar-refractivity contribution in [3.05, 3.63) is 40.2 Å². The molecule has 4 rings (SSSR count). The molecule has 2 atom stereocenters. The van der Waals surface area contributed by atoms with E-state index in [1.54, 1.807) is 13.8 Å². The molecule has 0 spiro atoms. The number of hydrogen-bond donors (Lipinski definition) is 3. The molecule has 3 aliphatic rings. The molecule has 2 amide bonds. The molecule has 152 valence electrons. The molecule has 2 aliphatic carbocycles. The minimum Gasteiger partial charge on any atom is -0.482 e. The average Bonchev–Trinajstić information content (AvgIpc) is 3.33. The minimum atomic E-state index is -3.42. The molecular weight excluding hydrogens is 378 g/mol. The van der Waals surface area contributed by atoms with Crippen molar-refractivity contribution in [1.29, 1.82) is 0 Å². The van der Waals surface area contributed by atoms with Gasteiger partial charge in [0.15, 0.2) is 15.4 Å². The Morgan fingerprint density at radius 3 is 2.39 bits per heavy atom. The fraction of sp³-hybridized carbons (Fsp3) is 0.550. The molecule has 0 fully saturated rings. The Kier molecular flexibility index (Phi) is 4.76. The first-order valence-electron chi connectivity index (χ1n) is 9.74. The molecule has 0 radical (unpaired) electrons. The van der Waals surface area contributed by atoms with Crippen LogP contribution in [-0.2, 0) is 40.3 Å². The molecule has 7 nitrogen and oxygen atoms in total. The number of benzene rings is 1. The van der Waals surface area contributed by atoms with Gasteiger partial charge in [0.25, 0.3) is 0 Å². The fourth-order valence-corrected chi connectivity index (χ4v) is 5.37. The number of aryl methyl sites for hydroxylation is 2. The summed E-state index contributed by atoms with van der Waals surface area (Å²) >= 11 is 0. The first-order valence-corrected chi connectivity index (χ1v) is 11.4. The number of nitrogens with two attached hydrogens (primary N) is 1. The minimum absolute atomic E-state index is 0.172. The molecule has 1 heterocycles. The molecule has 1 aliphatic heterocycles. The monoisotopic (exact) mass is 405 g/mol. The number of amides is 2. The van der Waals surface area contributed by atoms with Gasteiger partial charge in [0.05, 0.1) is 11.9 Å². The number of nitrogens with one attached hydrogen (secondary N) is 1. The van der Waals surface area contributed by atoms with Crippen molar-refractivity contribution in [2.45, 2.75) is 69.8 Å². The highest BCUT2D eigenvalue weighted by molar-refractivity contribution is 7.92. The summed E-state index contributed by atoms with van der Waals surface area (Å²) in [5, 5.41) is 18.8. The Morgan fingerprint density at radius 2 is 1.86 bits per heavy atom. The standard InChI is InChI=1S/C20H27N3O4S/c1-20(2,25)14-10-17(27-11-14)28(21,26)23-19(24)22-18-15-7-3-5-12(15)9-13-6-4-8-16(13)18/h9,11,17,25H,3-8,10H2,1-2H3,(H3,21,22,23,24,26). The van der Waals surface area contributed by atoms with Gasteiger partial charge in [-0.1, -0.05) is 6.07 Å². The Labute approximate surface area is 165 Å². The van der Waals surface area contributed by atoms with Crippen molar-refractivity contribution in [2.24, 2.45) is 9.50 Å². The zero-order valence-corrected chi connectivity index (χ0v) is 17.1. The van der Waals surface area contributed by atoms with E-state index in [1.165, 1.54) is 28.5 Å². The zero-order chi connectivity index (χ0) is 20.1. The van der Waals surface area contributed by atoms with Crippen LogP contribution < -0.4 is 10.5 Å². The second-order valence-corrected chi connectivity index (χ2v) is 10.3. The van der Waals surface area contributed by atoms with E-state index in [2.05, 4.69) is 15.7 Å². The van der Waals surface area contributed by atoms with Gasteiger partial charge in [0, 0.05) is 12.1 Å². The first-order chi connectivity index (χ1) is 13.1. The number of carbonyl (C=O) groups excluding carboxylic acids is 1. The molecule has 0 saturated carbocycles. The number of nitrogens with zero attached hydrogens (tertiary/aromatic N) is 1. The number of rotatable bonds is 3.